The van der Waals surface area contributed by atoms with Crippen molar-refractivity contribution in [3.63, 3.8) is 0 Å². The third kappa shape index (κ3) is 3.33. The van der Waals surface area contributed by atoms with E-state index in [0.717, 1.165) is 57.2 Å². The van der Waals surface area contributed by atoms with Gasteiger partial charge in [0, 0.05) is 38.4 Å². The van der Waals surface area contributed by atoms with E-state index in [9.17, 15) is 0 Å². The molecule has 20 heavy (non-hydrogen) atoms. The Morgan fingerprint density at radius 1 is 1.10 bits per heavy atom. The molecule has 106 valence electrons. The fourth-order valence-corrected chi connectivity index (χ4v) is 2.40. The van der Waals surface area contributed by atoms with Gasteiger partial charge in [0.05, 0.1) is 0 Å². The highest BCUT2D eigenvalue weighted by Crippen LogP contribution is 2.10. The average Bonchev–Trinajstić information content (AvgIpc) is 2.80. The summed E-state index contributed by atoms with van der Waals surface area (Å²) in [5.41, 5.74) is 1.27. The predicted molar refractivity (Wildman–Crippen MR) is 77.7 cm³/mol. The number of H-pyrrole nitrogens is 1. The normalized spacial score (nSPS) is 16.1. The quantitative estimate of drug-likeness (QED) is 0.861. The van der Waals surface area contributed by atoms with Gasteiger partial charge in [-0.25, -0.2) is 0 Å². The number of aromatic nitrogens is 4. The van der Waals surface area contributed by atoms with E-state index >= 15 is 0 Å². The molecule has 6 heteroatoms. The molecule has 0 aliphatic carbocycles. The molecule has 0 amide bonds. The highest BCUT2D eigenvalue weighted by Gasteiger charge is 2.13. The molecule has 0 atom stereocenters. The zero-order chi connectivity index (χ0) is 13.6. The summed E-state index contributed by atoms with van der Waals surface area (Å²) in [7, 11) is 0. The van der Waals surface area contributed by atoms with Crippen molar-refractivity contribution in [2.24, 2.45) is 0 Å². The molecule has 6 nitrogen and oxygen atoms in total. The molecular weight excluding hydrogens is 252 g/mol. The van der Waals surface area contributed by atoms with Gasteiger partial charge >= 0.3 is 0 Å². The van der Waals surface area contributed by atoms with Crippen molar-refractivity contribution in [3.8, 4) is 0 Å². The highest BCUT2D eigenvalue weighted by molar-refractivity contribution is 5.29. The van der Waals surface area contributed by atoms with Crippen LogP contribution in [0.3, 0.4) is 0 Å². The van der Waals surface area contributed by atoms with Gasteiger partial charge in [0.25, 0.3) is 0 Å². The first kappa shape index (κ1) is 13.1. The molecule has 0 saturated carbocycles. The van der Waals surface area contributed by atoms with Crippen LogP contribution in [0.1, 0.15) is 17.8 Å². The first-order valence-electron chi connectivity index (χ1n) is 7.18. The first-order valence-corrected chi connectivity index (χ1v) is 7.18. The second-order valence-electron chi connectivity index (χ2n) is 5.03. The van der Waals surface area contributed by atoms with Crippen molar-refractivity contribution in [1.29, 1.82) is 0 Å². The zero-order valence-electron chi connectivity index (χ0n) is 11.5. The molecule has 3 rings (SSSR count). The minimum absolute atomic E-state index is 0.832. The van der Waals surface area contributed by atoms with Crippen molar-refractivity contribution < 1.29 is 0 Å². The Bertz CT molecular complexity index is 515. The molecule has 0 aromatic carbocycles. The number of aromatic amines is 1. The summed E-state index contributed by atoms with van der Waals surface area (Å²) >= 11 is 0. The first-order chi connectivity index (χ1) is 9.92. The molecule has 3 heterocycles. The van der Waals surface area contributed by atoms with E-state index in [1.807, 2.05) is 24.5 Å². The number of pyridine rings is 1. The zero-order valence-corrected chi connectivity index (χ0v) is 11.5. The van der Waals surface area contributed by atoms with E-state index in [0.29, 0.717) is 0 Å². The van der Waals surface area contributed by atoms with Gasteiger partial charge in [-0.05, 0) is 37.1 Å². The second-order valence-corrected chi connectivity index (χ2v) is 5.03. The fraction of sp³-hybridized carbons (Fsp3) is 0.500. The van der Waals surface area contributed by atoms with Crippen LogP contribution in [0.25, 0.3) is 0 Å². The Kier molecular flexibility index (Phi) is 4.22. The van der Waals surface area contributed by atoms with Crippen LogP contribution in [0.4, 0.5) is 5.95 Å². The Morgan fingerprint density at radius 3 is 2.90 bits per heavy atom. The lowest BCUT2D eigenvalue weighted by Crippen LogP contribution is -2.28. The molecule has 0 unspecified atom stereocenters. The van der Waals surface area contributed by atoms with Crippen molar-refractivity contribution in [3.05, 3.63) is 35.9 Å². The smallest absolute Gasteiger partial charge is 0.244 e. The van der Waals surface area contributed by atoms with Gasteiger partial charge in [0.1, 0.15) is 5.82 Å². The molecule has 1 aliphatic heterocycles. The van der Waals surface area contributed by atoms with E-state index in [1.54, 1.807) is 0 Å². The van der Waals surface area contributed by atoms with Gasteiger partial charge < -0.3 is 10.2 Å². The highest BCUT2D eigenvalue weighted by atomic mass is 15.4. The average molecular weight is 272 g/mol. The maximum Gasteiger partial charge on any atom is 0.244 e. The molecule has 0 spiro atoms. The van der Waals surface area contributed by atoms with Gasteiger partial charge in [0.2, 0.25) is 5.95 Å². The van der Waals surface area contributed by atoms with Crippen LogP contribution in [0.2, 0.25) is 0 Å². The molecule has 1 fully saturated rings. The number of nitrogens with one attached hydrogen (secondary N) is 2. The van der Waals surface area contributed by atoms with E-state index in [4.69, 9.17) is 0 Å². The van der Waals surface area contributed by atoms with Crippen LogP contribution in [-0.2, 0) is 12.8 Å². The summed E-state index contributed by atoms with van der Waals surface area (Å²) in [5.74, 6) is 1.78. The Morgan fingerprint density at radius 2 is 2.00 bits per heavy atom. The second kappa shape index (κ2) is 6.47. The number of rotatable bonds is 4. The molecule has 0 bridgehead atoms. The van der Waals surface area contributed by atoms with Crippen LogP contribution in [0, 0.1) is 0 Å². The largest absolute Gasteiger partial charge is 0.338 e. The fourth-order valence-electron chi connectivity index (χ4n) is 2.40. The van der Waals surface area contributed by atoms with Gasteiger partial charge in [0.15, 0.2) is 0 Å². The van der Waals surface area contributed by atoms with Crippen molar-refractivity contribution >= 4 is 5.95 Å². The number of anilines is 1. The molecule has 1 aliphatic rings. The number of aryl methyl sites for hydroxylation is 2. The summed E-state index contributed by atoms with van der Waals surface area (Å²) < 4.78 is 0. The maximum absolute atomic E-state index is 4.61. The van der Waals surface area contributed by atoms with Crippen LogP contribution >= 0.6 is 0 Å². The van der Waals surface area contributed by atoms with Gasteiger partial charge in [-0.15, -0.1) is 5.10 Å². The van der Waals surface area contributed by atoms with Crippen molar-refractivity contribution in [2.75, 3.05) is 31.1 Å². The van der Waals surface area contributed by atoms with Gasteiger partial charge in [-0.2, -0.15) is 4.98 Å². The summed E-state index contributed by atoms with van der Waals surface area (Å²) in [6.07, 6.45) is 6.62. The van der Waals surface area contributed by atoms with Gasteiger partial charge in [-0.1, -0.05) is 0 Å². The third-order valence-corrected chi connectivity index (χ3v) is 3.54. The molecule has 1 saturated heterocycles. The summed E-state index contributed by atoms with van der Waals surface area (Å²) in [6.45, 7) is 4.08. The van der Waals surface area contributed by atoms with E-state index in [-0.39, 0.29) is 0 Å². The van der Waals surface area contributed by atoms with Crippen molar-refractivity contribution in [1.82, 2.24) is 25.5 Å². The SMILES string of the molecule is c1cc(CCc2nc(N3CCCNCC3)n[nH]2)ccn1. The molecule has 2 aromatic heterocycles. The number of hydrogen-bond donors (Lipinski definition) is 2. The Balaban J connectivity index is 1.58. The molecule has 2 aromatic rings. The van der Waals surface area contributed by atoms with Gasteiger partial charge in [-0.3, -0.25) is 10.1 Å². The summed E-state index contributed by atoms with van der Waals surface area (Å²) in [4.78, 5) is 10.9. The lowest BCUT2D eigenvalue weighted by atomic mass is 10.1. The van der Waals surface area contributed by atoms with E-state index in [2.05, 4.69) is 30.4 Å². The molecule has 2 N–H and O–H groups in total. The summed E-state index contributed by atoms with van der Waals surface area (Å²) in [6, 6.07) is 4.08. The predicted octanol–water partition coefficient (Wildman–Crippen LogP) is 0.785. The lowest BCUT2D eigenvalue weighted by molar-refractivity contribution is 0.724. The van der Waals surface area contributed by atoms with Crippen LogP contribution < -0.4 is 10.2 Å². The third-order valence-electron chi connectivity index (χ3n) is 3.54. The minimum atomic E-state index is 0.832. The molecule has 0 radical (unpaired) electrons. The maximum atomic E-state index is 4.61. The van der Waals surface area contributed by atoms with Crippen molar-refractivity contribution in [2.45, 2.75) is 19.3 Å². The number of nitrogens with zero attached hydrogens (tertiary/aromatic N) is 4. The minimum Gasteiger partial charge on any atom is -0.338 e. The molecular formula is C14H20N6. The Labute approximate surface area is 118 Å². The van der Waals surface area contributed by atoms with Crippen LogP contribution in [0.5, 0.6) is 0 Å². The van der Waals surface area contributed by atoms with E-state index < -0.39 is 0 Å². The number of hydrogen-bond acceptors (Lipinski definition) is 5. The van der Waals surface area contributed by atoms with E-state index in [1.165, 1.54) is 5.56 Å². The summed E-state index contributed by atoms with van der Waals surface area (Å²) in [5, 5.41) is 10.8. The monoisotopic (exact) mass is 272 g/mol. The topological polar surface area (TPSA) is 69.7 Å². The van der Waals surface area contributed by atoms with Crippen LogP contribution in [-0.4, -0.2) is 46.3 Å². The van der Waals surface area contributed by atoms with Crippen LogP contribution in [0.15, 0.2) is 24.5 Å². The standard InChI is InChI=1S/C14H20N6/c1-6-15-9-11-20(10-1)14-17-13(18-19-14)3-2-12-4-7-16-8-5-12/h4-5,7-8,15H,1-3,6,9-11H2,(H,17,18,19). The lowest BCUT2D eigenvalue weighted by Gasteiger charge is -2.16. The Hall–Kier alpha value is -1.95.